The zero-order valence-electron chi connectivity index (χ0n) is 11.0. The van der Waals surface area contributed by atoms with E-state index in [1.165, 1.54) is 38.5 Å². The molecule has 2 aromatic heterocycles. The number of pyridine rings is 1. The van der Waals surface area contributed by atoms with Crippen LogP contribution in [-0.4, -0.2) is 21.1 Å². The maximum absolute atomic E-state index is 5.92. The molecular formula is C14H19ClN4. The normalized spacial score (nSPS) is 16.3. The first-order valence-corrected chi connectivity index (χ1v) is 7.45. The van der Waals surface area contributed by atoms with Gasteiger partial charge in [0.15, 0.2) is 5.65 Å². The Balaban J connectivity index is 1.50. The fourth-order valence-electron chi connectivity index (χ4n) is 2.82. The Morgan fingerprint density at radius 3 is 3.00 bits per heavy atom. The van der Waals surface area contributed by atoms with Crippen molar-refractivity contribution in [1.82, 2.24) is 14.6 Å². The van der Waals surface area contributed by atoms with Crippen LogP contribution >= 0.6 is 11.6 Å². The van der Waals surface area contributed by atoms with Crippen molar-refractivity contribution >= 4 is 23.2 Å². The summed E-state index contributed by atoms with van der Waals surface area (Å²) in [5, 5.41) is 8.32. The molecule has 0 radical (unpaired) electrons. The van der Waals surface area contributed by atoms with E-state index in [2.05, 4.69) is 15.4 Å². The quantitative estimate of drug-likeness (QED) is 0.847. The summed E-state index contributed by atoms with van der Waals surface area (Å²) in [7, 11) is 0. The van der Waals surface area contributed by atoms with Gasteiger partial charge in [-0.3, -0.25) is 0 Å². The van der Waals surface area contributed by atoms with E-state index in [9.17, 15) is 0 Å². The lowest BCUT2D eigenvalue weighted by atomic mass is 10.0. The maximum Gasteiger partial charge on any atom is 0.243 e. The first kappa shape index (κ1) is 12.7. The molecule has 0 spiro atoms. The van der Waals surface area contributed by atoms with Crippen molar-refractivity contribution in [2.75, 3.05) is 11.9 Å². The molecule has 3 rings (SSSR count). The largest absolute Gasteiger partial charge is 0.353 e. The maximum atomic E-state index is 5.92. The molecule has 0 amide bonds. The molecule has 4 nitrogen and oxygen atoms in total. The lowest BCUT2D eigenvalue weighted by Gasteiger charge is -2.07. The van der Waals surface area contributed by atoms with Crippen LogP contribution in [0.15, 0.2) is 18.3 Å². The summed E-state index contributed by atoms with van der Waals surface area (Å²) in [6.07, 6.45) is 9.98. The van der Waals surface area contributed by atoms with Gasteiger partial charge >= 0.3 is 0 Å². The van der Waals surface area contributed by atoms with Gasteiger partial charge < -0.3 is 5.32 Å². The number of fused-ring (bicyclic) bond motifs is 1. The number of anilines is 1. The van der Waals surface area contributed by atoms with Crippen LogP contribution in [0.4, 0.5) is 5.95 Å². The van der Waals surface area contributed by atoms with Crippen LogP contribution in [0.1, 0.15) is 38.5 Å². The predicted octanol–water partition coefficient (Wildman–Crippen LogP) is 3.77. The fourth-order valence-corrected chi connectivity index (χ4v) is 2.98. The van der Waals surface area contributed by atoms with Crippen LogP contribution in [0.25, 0.3) is 5.65 Å². The third kappa shape index (κ3) is 3.18. The van der Waals surface area contributed by atoms with E-state index < -0.39 is 0 Å². The van der Waals surface area contributed by atoms with Gasteiger partial charge in [0.1, 0.15) is 0 Å². The molecule has 0 atom stereocenters. The SMILES string of the molecule is Clc1ccc2nc(NCCCC3CCCC3)nn2c1. The third-order valence-electron chi connectivity index (χ3n) is 3.84. The number of rotatable bonds is 5. The molecule has 1 fully saturated rings. The molecule has 102 valence electrons. The summed E-state index contributed by atoms with van der Waals surface area (Å²) in [5.41, 5.74) is 0.822. The van der Waals surface area contributed by atoms with Gasteiger partial charge in [-0.2, -0.15) is 4.98 Å². The van der Waals surface area contributed by atoms with Crippen molar-refractivity contribution in [3.63, 3.8) is 0 Å². The highest BCUT2D eigenvalue weighted by atomic mass is 35.5. The van der Waals surface area contributed by atoms with Crippen LogP contribution in [0.5, 0.6) is 0 Å². The van der Waals surface area contributed by atoms with Crippen molar-refractivity contribution in [3.05, 3.63) is 23.4 Å². The molecule has 1 saturated carbocycles. The molecule has 2 aromatic rings. The minimum absolute atomic E-state index is 0.671. The lowest BCUT2D eigenvalue weighted by Crippen LogP contribution is -2.05. The second-order valence-corrected chi connectivity index (χ2v) is 5.74. The monoisotopic (exact) mass is 278 g/mol. The number of halogens is 1. The second-order valence-electron chi connectivity index (χ2n) is 5.30. The molecule has 0 bridgehead atoms. The molecule has 1 N–H and O–H groups in total. The lowest BCUT2D eigenvalue weighted by molar-refractivity contribution is 0.491. The van der Waals surface area contributed by atoms with E-state index in [4.69, 9.17) is 11.6 Å². The number of nitrogens with zero attached hydrogens (tertiary/aromatic N) is 3. The summed E-state index contributed by atoms with van der Waals surface area (Å²) in [6.45, 7) is 0.946. The van der Waals surface area contributed by atoms with Crippen LogP contribution in [0.2, 0.25) is 5.02 Å². The van der Waals surface area contributed by atoms with Gasteiger partial charge in [0, 0.05) is 12.7 Å². The van der Waals surface area contributed by atoms with E-state index in [1.807, 2.05) is 12.1 Å². The van der Waals surface area contributed by atoms with Gasteiger partial charge in [-0.25, -0.2) is 4.52 Å². The molecule has 0 aromatic carbocycles. The summed E-state index contributed by atoms with van der Waals surface area (Å²) >= 11 is 5.92. The zero-order valence-corrected chi connectivity index (χ0v) is 11.7. The third-order valence-corrected chi connectivity index (χ3v) is 4.07. The first-order chi connectivity index (χ1) is 9.31. The van der Waals surface area contributed by atoms with Crippen LogP contribution < -0.4 is 5.32 Å². The minimum Gasteiger partial charge on any atom is -0.353 e. The van der Waals surface area contributed by atoms with Crippen molar-refractivity contribution < 1.29 is 0 Å². The number of hydrogen-bond donors (Lipinski definition) is 1. The van der Waals surface area contributed by atoms with E-state index in [1.54, 1.807) is 10.7 Å². The van der Waals surface area contributed by atoms with Gasteiger partial charge in [-0.1, -0.05) is 37.3 Å². The molecule has 5 heteroatoms. The molecule has 0 aliphatic heterocycles. The Morgan fingerprint density at radius 1 is 1.32 bits per heavy atom. The van der Waals surface area contributed by atoms with Gasteiger partial charge in [-0.05, 0) is 30.9 Å². The fraction of sp³-hybridized carbons (Fsp3) is 0.571. The van der Waals surface area contributed by atoms with Gasteiger partial charge in [0.2, 0.25) is 5.95 Å². The number of hydrogen-bond acceptors (Lipinski definition) is 3. The van der Waals surface area contributed by atoms with Crippen molar-refractivity contribution in [3.8, 4) is 0 Å². The number of aromatic nitrogens is 3. The summed E-state index contributed by atoms with van der Waals surface area (Å²) in [4.78, 5) is 4.41. The second kappa shape index (κ2) is 5.78. The number of nitrogens with one attached hydrogen (secondary N) is 1. The van der Waals surface area contributed by atoms with E-state index in [0.717, 1.165) is 18.1 Å². The predicted molar refractivity (Wildman–Crippen MR) is 77.7 cm³/mol. The average molecular weight is 279 g/mol. The highest BCUT2D eigenvalue weighted by Crippen LogP contribution is 2.28. The van der Waals surface area contributed by atoms with Gasteiger partial charge in [0.05, 0.1) is 5.02 Å². The molecular weight excluding hydrogens is 260 g/mol. The Hall–Kier alpha value is -1.29. The summed E-state index contributed by atoms with van der Waals surface area (Å²) in [6, 6.07) is 3.70. The van der Waals surface area contributed by atoms with E-state index >= 15 is 0 Å². The smallest absolute Gasteiger partial charge is 0.243 e. The highest BCUT2D eigenvalue weighted by molar-refractivity contribution is 6.30. The Bertz CT molecular complexity index is 545. The minimum atomic E-state index is 0.671. The van der Waals surface area contributed by atoms with Crippen molar-refractivity contribution in [2.45, 2.75) is 38.5 Å². The molecule has 1 aliphatic rings. The topological polar surface area (TPSA) is 42.2 Å². The molecule has 2 heterocycles. The zero-order chi connectivity index (χ0) is 13.1. The Morgan fingerprint density at radius 2 is 2.16 bits per heavy atom. The van der Waals surface area contributed by atoms with Crippen LogP contribution in [0, 0.1) is 5.92 Å². The highest BCUT2D eigenvalue weighted by Gasteiger charge is 2.14. The van der Waals surface area contributed by atoms with Crippen LogP contribution in [0.3, 0.4) is 0 Å². The average Bonchev–Trinajstić information content (AvgIpc) is 3.02. The van der Waals surface area contributed by atoms with Gasteiger partial charge in [-0.15, -0.1) is 5.10 Å². The molecule has 0 unspecified atom stereocenters. The van der Waals surface area contributed by atoms with Gasteiger partial charge in [0.25, 0.3) is 0 Å². The Labute approximate surface area is 118 Å². The Kier molecular flexibility index (Phi) is 3.87. The van der Waals surface area contributed by atoms with Crippen LogP contribution in [-0.2, 0) is 0 Å². The van der Waals surface area contributed by atoms with E-state index in [0.29, 0.717) is 11.0 Å². The molecule has 19 heavy (non-hydrogen) atoms. The van der Waals surface area contributed by atoms with Crippen molar-refractivity contribution in [2.24, 2.45) is 5.92 Å². The first-order valence-electron chi connectivity index (χ1n) is 7.07. The van der Waals surface area contributed by atoms with Crippen molar-refractivity contribution in [1.29, 1.82) is 0 Å². The standard InChI is InChI=1S/C14H19ClN4/c15-12-7-8-13-17-14(18-19(13)10-12)16-9-3-6-11-4-1-2-5-11/h7-8,10-11H,1-6,9H2,(H,16,18). The summed E-state index contributed by atoms with van der Waals surface area (Å²) < 4.78 is 1.71. The van der Waals surface area contributed by atoms with E-state index in [-0.39, 0.29) is 0 Å². The molecule has 1 aliphatic carbocycles. The molecule has 0 saturated heterocycles. The summed E-state index contributed by atoms with van der Waals surface area (Å²) in [5.74, 6) is 1.64.